The van der Waals surface area contributed by atoms with Gasteiger partial charge in [0.15, 0.2) is 9.84 Å². The Morgan fingerprint density at radius 2 is 2.15 bits per heavy atom. The molecule has 1 fully saturated rings. The minimum atomic E-state index is -3.02. The summed E-state index contributed by atoms with van der Waals surface area (Å²) in [6.07, 6.45) is 0.920. The van der Waals surface area contributed by atoms with Crippen LogP contribution in [0.4, 0.5) is 0 Å². The molecule has 1 unspecified atom stereocenters. The number of carbonyl (C=O) groups is 2. The van der Waals surface area contributed by atoms with Crippen LogP contribution in [0.25, 0.3) is 0 Å². The normalized spacial score (nSPS) is 21.1. The van der Waals surface area contributed by atoms with Gasteiger partial charge in [0.2, 0.25) is 5.91 Å². The van der Waals surface area contributed by atoms with Crippen LogP contribution in [-0.2, 0) is 24.2 Å². The van der Waals surface area contributed by atoms with E-state index in [1.165, 1.54) is 0 Å². The van der Waals surface area contributed by atoms with Crippen molar-refractivity contribution in [2.45, 2.75) is 32.2 Å². The maximum Gasteiger partial charge on any atom is 0.305 e. The lowest BCUT2D eigenvalue weighted by Gasteiger charge is -2.23. The lowest BCUT2D eigenvalue weighted by atomic mass is 10.2. The third-order valence-electron chi connectivity index (χ3n) is 2.92. The molecule has 116 valence electrons. The van der Waals surface area contributed by atoms with Crippen LogP contribution in [0, 0.1) is 0 Å². The van der Waals surface area contributed by atoms with Crippen molar-refractivity contribution in [2.75, 3.05) is 31.2 Å². The summed E-state index contributed by atoms with van der Waals surface area (Å²) in [5.74, 6) is -0.348. The van der Waals surface area contributed by atoms with Crippen LogP contribution < -0.4 is 10.6 Å². The molecule has 1 heterocycles. The molecular weight excluding hydrogens is 284 g/mol. The fourth-order valence-electron chi connectivity index (χ4n) is 1.99. The first-order chi connectivity index (χ1) is 9.43. The van der Waals surface area contributed by atoms with Crippen molar-refractivity contribution in [3.63, 3.8) is 0 Å². The SMILES string of the molecule is CCOC(=O)CCCNC(=O)CC1CS(=O)(=O)CCN1. The van der Waals surface area contributed by atoms with Gasteiger partial charge in [0.1, 0.15) is 0 Å². The van der Waals surface area contributed by atoms with E-state index in [0.29, 0.717) is 26.1 Å². The molecule has 0 aromatic carbocycles. The first-order valence-electron chi connectivity index (χ1n) is 6.79. The molecule has 1 aliphatic heterocycles. The van der Waals surface area contributed by atoms with E-state index in [9.17, 15) is 18.0 Å². The number of ether oxygens (including phenoxy) is 1. The van der Waals surface area contributed by atoms with Crippen molar-refractivity contribution < 1.29 is 22.7 Å². The van der Waals surface area contributed by atoms with Crippen LogP contribution >= 0.6 is 0 Å². The second kappa shape index (κ2) is 8.21. The van der Waals surface area contributed by atoms with Gasteiger partial charge in [-0.05, 0) is 13.3 Å². The molecule has 0 aromatic rings. The highest BCUT2D eigenvalue weighted by molar-refractivity contribution is 7.91. The zero-order valence-corrected chi connectivity index (χ0v) is 12.5. The Bertz CT molecular complexity index is 435. The first kappa shape index (κ1) is 16.9. The topological polar surface area (TPSA) is 102 Å². The number of carbonyl (C=O) groups excluding carboxylic acids is 2. The molecule has 1 atom stereocenters. The van der Waals surface area contributed by atoms with Crippen LogP contribution in [0.3, 0.4) is 0 Å². The minimum Gasteiger partial charge on any atom is -0.466 e. The highest BCUT2D eigenvalue weighted by atomic mass is 32.2. The van der Waals surface area contributed by atoms with Crippen LogP contribution in [-0.4, -0.2) is 57.5 Å². The smallest absolute Gasteiger partial charge is 0.305 e. The Balaban J connectivity index is 2.16. The van der Waals surface area contributed by atoms with Gasteiger partial charge in [0, 0.05) is 32.0 Å². The molecule has 0 bridgehead atoms. The average molecular weight is 306 g/mol. The van der Waals surface area contributed by atoms with Gasteiger partial charge in [-0.1, -0.05) is 0 Å². The summed E-state index contributed by atoms with van der Waals surface area (Å²) < 4.78 is 27.6. The standard InChI is InChI=1S/C12H22N2O5S/c1-2-19-12(16)4-3-5-14-11(15)8-10-9-20(17,18)7-6-13-10/h10,13H,2-9H2,1H3,(H,14,15). The summed E-state index contributed by atoms with van der Waals surface area (Å²) in [6.45, 7) is 2.87. The Morgan fingerprint density at radius 3 is 2.80 bits per heavy atom. The van der Waals surface area contributed by atoms with E-state index in [4.69, 9.17) is 4.74 Å². The first-order valence-corrected chi connectivity index (χ1v) is 8.61. The van der Waals surface area contributed by atoms with Crippen LogP contribution in [0.2, 0.25) is 0 Å². The maximum atomic E-state index is 11.6. The molecule has 0 spiro atoms. The monoisotopic (exact) mass is 306 g/mol. The van der Waals surface area contributed by atoms with E-state index in [0.717, 1.165) is 0 Å². The predicted molar refractivity (Wildman–Crippen MR) is 73.9 cm³/mol. The Kier molecular flexibility index (Phi) is 6.94. The molecule has 7 nitrogen and oxygen atoms in total. The summed E-state index contributed by atoms with van der Waals surface area (Å²) in [7, 11) is -3.02. The Hall–Kier alpha value is -1.15. The highest BCUT2D eigenvalue weighted by Gasteiger charge is 2.25. The third kappa shape index (κ3) is 6.85. The van der Waals surface area contributed by atoms with Gasteiger partial charge in [-0.15, -0.1) is 0 Å². The van der Waals surface area contributed by atoms with E-state index >= 15 is 0 Å². The number of hydrogen-bond donors (Lipinski definition) is 2. The molecule has 1 aliphatic rings. The summed E-state index contributed by atoms with van der Waals surface area (Å²) in [6, 6.07) is -0.321. The second-order valence-corrected chi connectivity index (χ2v) is 6.96. The van der Waals surface area contributed by atoms with Crippen LogP contribution in [0.1, 0.15) is 26.2 Å². The third-order valence-corrected chi connectivity index (χ3v) is 4.65. The molecule has 20 heavy (non-hydrogen) atoms. The molecule has 1 rings (SSSR count). The summed E-state index contributed by atoms with van der Waals surface area (Å²) in [4.78, 5) is 22.7. The highest BCUT2D eigenvalue weighted by Crippen LogP contribution is 2.04. The molecule has 1 amide bonds. The van der Waals surface area contributed by atoms with Crippen molar-refractivity contribution in [2.24, 2.45) is 0 Å². The number of rotatable bonds is 7. The zero-order chi connectivity index (χ0) is 15.0. The fraction of sp³-hybridized carbons (Fsp3) is 0.833. The van der Waals surface area contributed by atoms with Gasteiger partial charge in [-0.2, -0.15) is 0 Å². The van der Waals surface area contributed by atoms with Gasteiger partial charge in [-0.25, -0.2) is 8.42 Å². The number of sulfone groups is 1. The van der Waals surface area contributed by atoms with E-state index < -0.39 is 9.84 Å². The summed E-state index contributed by atoms with van der Waals surface area (Å²) in [5, 5.41) is 5.69. The van der Waals surface area contributed by atoms with Gasteiger partial charge in [-0.3, -0.25) is 9.59 Å². The Labute approximate surface area is 119 Å². The zero-order valence-electron chi connectivity index (χ0n) is 11.7. The largest absolute Gasteiger partial charge is 0.466 e. The number of nitrogens with one attached hydrogen (secondary N) is 2. The Morgan fingerprint density at radius 1 is 1.40 bits per heavy atom. The van der Waals surface area contributed by atoms with Crippen molar-refractivity contribution >= 4 is 21.7 Å². The van der Waals surface area contributed by atoms with E-state index in [2.05, 4.69) is 10.6 Å². The lowest BCUT2D eigenvalue weighted by molar-refractivity contribution is -0.143. The lowest BCUT2D eigenvalue weighted by Crippen LogP contribution is -2.47. The molecule has 2 N–H and O–H groups in total. The molecular formula is C12H22N2O5S. The molecule has 1 saturated heterocycles. The van der Waals surface area contributed by atoms with Crippen molar-refractivity contribution in [3.8, 4) is 0 Å². The van der Waals surface area contributed by atoms with Crippen molar-refractivity contribution in [1.29, 1.82) is 0 Å². The van der Waals surface area contributed by atoms with E-state index in [1.54, 1.807) is 6.92 Å². The van der Waals surface area contributed by atoms with Crippen molar-refractivity contribution in [1.82, 2.24) is 10.6 Å². The van der Waals surface area contributed by atoms with Crippen LogP contribution in [0.15, 0.2) is 0 Å². The average Bonchev–Trinajstić information content (AvgIpc) is 2.34. The molecule has 0 radical (unpaired) electrons. The van der Waals surface area contributed by atoms with Crippen molar-refractivity contribution in [3.05, 3.63) is 0 Å². The van der Waals surface area contributed by atoms with Gasteiger partial charge >= 0.3 is 5.97 Å². The number of esters is 1. The van der Waals surface area contributed by atoms with Gasteiger partial charge in [0.05, 0.1) is 18.1 Å². The summed E-state index contributed by atoms with van der Waals surface area (Å²) in [5.41, 5.74) is 0. The molecule has 8 heteroatoms. The molecule has 0 saturated carbocycles. The van der Waals surface area contributed by atoms with Gasteiger partial charge in [0.25, 0.3) is 0 Å². The predicted octanol–water partition coefficient (Wildman–Crippen LogP) is -0.777. The number of amides is 1. The van der Waals surface area contributed by atoms with Gasteiger partial charge < -0.3 is 15.4 Å². The number of hydrogen-bond acceptors (Lipinski definition) is 6. The fourth-order valence-corrected chi connectivity index (χ4v) is 3.43. The minimum absolute atomic E-state index is 0.00322. The maximum absolute atomic E-state index is 11.6. The van der Waals surface area contributed by atoms with E-state index in [-0.39, 0.29) is 42.3 Å². The summed E-state index contributed by atoms with van der Waals surface area (Å²) >= 11 is 0. The molecule has 0 aliphatic carbocycles. The second-order valence-electron chi connectivity index (χ2n) is 4.73. The quantitative estimate of drug-likeness (QED) is 0.473. The van der Waals surface area contributed by atoms with E-state index in [1.807, 2.05) is 0 Å². The van der Waals surface area contributed by atoms with Crippen LogP contribution in [0.5, 0.6) is 0 Å². The molecule has 0 aromatic heterocycles.